The number of ether oxygens (including phenoxy) is 1. The first-order chi connectivity index (χ1) is 8.52. The van der Waals surface area contributed by atoms with Crippen LogP contribution in [0.5, 0.6) is 0 Å². The largest absolute Gasteiger partial charge is 0.386 e. The van der Waals surface area contributed by atoms with E-state index in [2.05, 4.69) is 6.58 Å². The summed E-state index contributed by atoms with van der Waals surface area (Å²) < 4.78 is 6.22. The summed E-state index contributed by atoms with van der Waals surface area (Å²) in [5, 5.41) is 24.2. The van der Waals surface area contributed by atoms with Gasteiger partial charge in [0.25, 0.3) is 0 Å². The lowest BCUT2D eigenvalue weighted by Crippen LogP contribution is -2.53. The molecule has 1 N–H and O–H groups in total. The summed E-state index contributed by atoms with van der Waals surface area (Å²) in [5.41, 5.74) is 1.000. The van der Waals surface area contributed by atoms with Crippen LogP contribution in [0.2, 0.25) is 0 Å². The van der Waals surface area contributed by atoms with Crippen molar-refractivity contribution in [1.82, 2.24) is 0 Å². The summed E-state index contributed by atoms with van der Waals surface area (Å²) in [6, 6.07) is 0. The van der Waals surface area contributed by atoms with E-state index in [1.54, 1.807) is 0 Å². The van der Waals surface area contributed by atoms with Crippen molar-refractivity contribution in [2.75, 3.05) is 33.1 Å². The minimum Gasteiger partial charge on any atom is -0.386 e. The van der Waals surface area contributed by atoms with E-state index in [4.69, 9.17) is 31.7 Å². The van der Waals surface area contributed by atoms with Gasteiger partial charge in [-0.2, -0.15) is 0 Å². The number of quaternary nitrogens is 1. The average Bonchev–Trinajstić information content (AvgIpc) is 2.24. The van der Waals surface area contributed by atoms with Gasteiger partial charge in [-0.1, -0.05) is 12.2 Å². The molecule has 0 aliphatic rings. The number of hydrogen-bond donors (Lipinski definition) is 1. The second-order valence-corrected chi connectivity index (χ2v) is 5.17. The molecule has 0 aromatic rings. The number of aliphatic hydroxyl groups excluding tert-OH is 1. The van der Waals surface area contributed by atoms with E-state index in [0.29, 0.717) is 17.6 Å². The van der Waals surface area contributed by atoms with Crippen LogP contribution in [0.15, 0.2) is 12.2 Å². The van der Waals surface area contributed by atoms with E-state index in [9.17, 15) is 5.11 Å². The number of rotatable bonds is 7. The number of hydrogen-bond acceptors (Lipinski definition) is 5. The van der Waals surface area contributed by atoms with E-state index < -0.39 is 11.2 Å². The molecule has 0 aromatic carbocycles. The lowest BCUT2D eigenvalue weighted by molar-refractivity contribution is -0.937. The van der Waals surface area contributed by atoms with E-state index in [0.717, 1.165) is 5.57 Å². The molecule has 0 heterocycles. The second kappa shape index (κ2) is 9.96. The molecule has 19 heavy (non-hydrogen) atoms. The molecule has 0 spiro atoms. The molecule has 0 saturated carbocycles. The van der Waals surface area contributed by atoms with Gasteiger partial charge in [-0.25, -0.2) is 0 Å². The van der Waals surface area contributed by atoms with Crippen LogP contribution >= 0.6 is 11.6 Å². The third kappa shape index (κ3) is 13.3. The van der Waals surface area contributed by atoms with Crippen LogP contribution in [-0.4, -0.2) is 60.1 Å². The van der Waals surface area contributed by atoms with Gasteiger partial charge in [-0.3, -0.25) is 0 Å². The molecule has 0 rings (SSSR count). The first-order valence-electron chi connectivity index (χ1n) is 5.67. The molecule has 0 aliphatic heterocycles. The molecule has 0 aromatic heterocycles. The lowest BCUT2D eigenvalue weighted by atomic mass is 10.3. The zero-order valence-electron chi connectivity index (χ0n) is 11.8. The fourth-order valence-corrected chi connectivity index (χ4v) is 1.30. The van der Waals surface area contributed by atoms with Crippen molar-refractivity contribution in [3.05, 3.63) is 27.5 Å². The predicted octanol–water partition coefficient (Wildman–Crippen LogP) is 1.36. The van der Waals surface area contributed by atoms with Crippen LogP contribution in [0.25, 0.3) is 0 Å². The molecular weight excluding hydrogens is 276 g/mol. The SMILES string of the molecule is C=C(C)COC(C)[N+](C)(C)CC(O)CCl.O=[N+]([O-])[O-]. The van der Waals surface area contributed by atoms with Gasteiger partial charge < -0.3 is 29.6 Å². The Hall–Kier alpha value is -0.890. The lowest BCUT2D eigenvalue weighted by Gasteiger charge is -2.36. The molecule has 0 radical (unpaired) electrons. The summed E-state index contributed by atoms with van der Waals surface area (Å²) in [7, 11) is 4.03. The van der Waals surface area contributed by atoms with Gasteiger partial charge in [0.05, 0.1) is 31.7 Å². The van der Waals surface area contributed by atoms with Gasteiger partial charge in [0.1, 0.15) is 12.6 Å². The topological polar surface area (TPSA) is 95.7 Å². The smallest absolute Gasteiger partial charge is 0.190 e. The quantitative estimate of drug-likeness (QED) is 0.191. The van der Waals surface area contributed by atoms with E-state index in [-0.39, 0.29) is 12.1 Å². The Balaban J connectivity index is 0. The number of halogens is 1. The molecule has 2 unspecified atom stereocenters. The average molecular weight is 299 g/mol. The van der Waals surface area contributed by atoms with E-state index in [1.165, 1.54) is 0 Å². The van der Waals surface area contributed by atoms with Crippen LogP contribution in [0, 0.1) is 15.3 Å². The predicted molar refractivity (Wildman–Crippen MR) is 74.3 cm³/mol. The molecule has 0 aliphatic carbocycles. The van der Waals surface area contributed by atoms with Crippen molar-refractivity contribution < 1.29 is 19.4 Å². The number of nitrogens with zero attached hydrogens (tertiary/aromatic N) is 2. The Morgan fingerprint density at radius 2 is 1.95 bits per heavy atom. The van der Waals surface area contributed by atoms with Gasteiger partial charge in [-0.15, -0.1) is 11.6 Å². The van der Waals surface area contributed by atoms with Gasteiger partial charge in [-0.05, 0) is 6.92 Å². The van der Waals surface area contributed by atoms with Gasteiger partial charge in [0, 0.05) is 6.92 Å². The third-order valence-electron chi connectivity index (χ3n) is 2.41. The Morgan fingerprint density at radius 1 is 1.53 bits per heavy atom. The highest BCUT2D eigenvalue weighted by molar-refractivity contribution is 6.18. The van der Waals surface area contributed by atoms with Crippen LogP contribution in [-0.2, 0) is 4.74 Å². The molecule has 0 saturated heterocycles. The Bertz CT molecular complexity index is 282. The molecule has 0 fully saturated rings. The number of alkyl halides is 1. The van der Waals surface area contributed by atoms with Crippen molar-refractivity contribution in [3.8, 4) is 0 Å². The summed E-state index contributed by atoms with van der Waals surface area (Å²) >= 11 is 5.58. The highest BCUT2D eigenvalue weighted by Crippen LogP contribution is 2.10. The molecule has 2 atom stereocenters. The minimum absolute atomic E-state index is 0.0135. The highest BCUT2D eigenvalue weighted by atomic mass is 35.5. The van der Waals surface area contributed by atoms with Crippen LogP contribution in [0.1, 0.15) is 13.8 Å². The zero-order valence-corrected chi connectivity index (χ0v) is 12.6. The summed E-state index contributed by atoms with van der Waals surface area (Å²) in [5.74, 6) is 0.259. The molecule has 0 amide bonds. The molecule has 8 heteroatoms. The van der Waals surface area contributed by atoms with Crippen molar-refractivity contribution in [3.63, 3.8) is 0 Å². The Morgan fingerprint density at radius 3 is 2.26 bits per heavy atom. The maximum atomic E-state index is 9.50. The minimum atomic E-state index is -1.75. The summed E-state index contributed by atoms with van der Waals surface area (Å²) in [6.07, 6.45) is -0.475. The molecule has 7 nitrogen and oxygen atoms in total. The third-order valence-corrected chi connectivity index (χ3v) is 2.77. The zero-order chi connectivity index (χ0) is 15.6. The van der Waals surface area contributed by atoms with Crippen LogP contribution in [0.3, 0.4) is 0 Å². The maximum absolute atomic E-state index is 9.50. The molecule has 114 valence electrons. The Kier molecular flexibility index (Phi) is 10.7. The standard InChI is InChI=1S/C11H23ClNO2.NO3/c1-9(2)8-15-10(3)13(4,5)7-11(14)6-12;2-1(3)4/h10-11,14H,1,6-8H2,2-5H3;/q+1;-1. The van der Waals surface area contributed by atoms with Crippen molar-refractivity contribution >= 4 is 11.6 Å². The highest BCUT2D eigenvalue weighted by Gasteiger charge is 2.27. The summed E-state index contributed by atoms with van der Waals surface area (Å²) in [4.78, 5) is 8.25. The van der Waals surface area contributed by atoms with Crippen molar-refractivity contribution in [2.24, 2.45) is 0 Å². The van der Waals surface area contributed by atoms with Gasteiger partial charge >= 0.3 is 0 Å². The molecule has 0 bridgehead atoms. The first-order valence-corrected chi connectivity index (χ1v) is 6.20. The van der Waals surface area contributed by atoms with E-state index >= 15 is 0 Å². The van der Waals surface area contributed by atoms with E-state index in [1.807, 2.05) is 27.9 Å². The monoisotopic (exact) mass is 298 g/mol. The second-order valence-electron chi connectivity index (χ2n) is 4.86. The van der Waals surface area contributed by atoms with Gasteiger partial charge in [0.2, 0.25) is 0 Å². The summed E-state index contributed by atoms with van der Waals surface area (Å²) in [6.45, 7) is 8.84. The van der Waals surface area contributed by atoms with Crippen molar-refractivity contribution in [1.29, 1.82) is 0 Å². The fraction of sp³-hybridized carbons (Fsp3) is 0.818. The maximum Gasteiger partial charge on any atom is 0.190 e. The normalized spacial score (nSPS) is 14.0. The van der Waals surface area contributed by atoms with Crippen molar-refractivity contribution in [2.45, 2.75) is 26.2 Å². The van der Waals surface area contributed by atoms with Crippen LogP contribution < -0.4 is 0 Å². The Labute approximate surface area is 118 Å². The number of aliphatic hydroxyl groups is 1. The first kappa shape index (κ1) is 20.4. The fourth-order valence-electron chi connectivity index (χ4n) is 1.21. The number of likely N-dealkylation sites (N-methyl/N-ethyl adjacent to an activating group) is 1. The molecular formula is C11H23ClN2O5. The van der Waals surface area contributed by atoms with Gasteiger partial charge in [0.15, 0.2) is 6.23 Å². The van der Waals surface area contributed by atoms with Crippen LogP contribution in [0.4, 0.5) is 0 Å².